The summed E-state index contributed by atoms with van der Waals surface area (Å²) in [4.78, 5) is 2.61. The standard InChI is InChI=1S/C13H28N2OS/c1-4-12(2)15(7-8-16-3)13(11-14)5-9-17-10-6-13/h12H,4-11,14H2,1-3H3. The second-order valence-electron chi connectivity index (χ2n) is 4.98. The van der Waals surface area contributed by atoms with Crippen molar-refractivity contribution < 1.29 is 4.74 Å². The van der Waals surface area contributed by atoms with E-state index in [2.05, 4.69) is 30.5 Å². The largest absolute Gasteiger partial charge is 0.383 e. The van der Waals surface area contributed by atoms with Crippen molar-refractivity contribution in [1.82, 2.24) is 4.90 Å². The molecule has 1 rings (SSSR count). The molecule has 0 aliphatic carbocycles. The lowest BCUT2D eigenvalue weighted by Gasteiger charge is -2.48. The van der Waals surface area contributed by atoms with E-state index in [4.69, 9.17) is 10.5 Å². The Hall–Kier alpha value is 0.230. The van der Waals surface area contributed by atoms with E-state index in [0.29, 0.717) is 6.04 Å². The third kappa shape index (κ3) is 3.85. The molecule has 0 aromatic heterocycles. The maximum atomic E-state index is 6.11. The van der Waals surface area contributed by atoms with Gasteiger partial charge in [0.1, 0.15) is 0 Å². The van der Waals surface area contributed by atoms with Gasteiger partial charge in [0.2, 0.25) is 0 Å². The molecule has 1 aliphatic rings. The highest BCUT2D eigenvalue weighted by Gasteiger charge is 2.38. The van der Waals surface area contributed by atoms with E-state index in [1.54, 1.807) is 7.11 Å². The fourth-order valence-electron chi connectivity index (χ4n) is 2.70. The van der Waals surface area contributed by atoms with Crippen LogP contribution in [0.5, 0.6) is 0 Å². The SMILES string of the molecule is CCC(C)N(CCOC)C1(CN)CCSCC1. The van der Waals surface area contributed by atoms with E-state index >= 15 is 0 Å². The molecule has 1 saturated heterocycles. The van der Waals surface area contributed by atoms with Crippen LogP contribution in [-0.4, -0.2) is 54.8 Å². The summed E-state index contributed by atoms with van der Waals surface area (Å²) in [7, 11) is 1.78. The van der Waals surface area contributed by atoms with Gasteiger partial charge in [-0.2, -0.15) is 11.8 Å². The minimum Gasteiger partial charge on any atom is -0.383 e. The first-order valence-corrected chi connectivity index (χ1v) is 7.89. The monoisotopic (exact) mass is 260 g/mol. The molecule has 0 aromatic carbocycles. The van der Waals surface area contributed by atoms with Crippen LogP contribution in [0.2, 0.25) is 0 Å². The van der Waals surface area contributed by atoms with Crippen molar-refractivity contribution in [2.75, 3.05) is 38.3 Å². The van der Waals surface area contributed by atoms with E-state index in [9.17, 15) is 0 Å². The molecule has 3 nitrogen and oxygen atoms in total. The number of rotatable bonds is 7. The summed E-state index contributed by atoms with van der Waals surface area (Å²) in [5, 5.41) is 0. The molecule has 0 saturated carbocycles. The molecule has 0 amide bonds. The van der Waals surface area contributed by atoms with Gasteiger partial charge >= 0.3 is 0 Å². The van der Waals surface area contributed by atoms with Crippen LogP contribution >= 0.6 is 11.8 Å². The van der Waals surface area contributed by atoms with Crippen molar-refractivity contribution in [3.8, 4) is 0 Å². The molecule has 0 spiro atoms. The molecule has 17 heavy (non-hydrogen) atoms. The van der Waals surface area contributed by atoms with Crippen LogP contribution < -0.4 is 5.73 Å². The Morgan fingerprint density at radius 1 is 1.41 bits per heavy atom. The zero-order valence-corrected chi connectivity index (χ0v) is 12.4. The molecule has 0 bridgehead atoms. The van der Waals surface area contributed by atoms with Crippen molar-refractivity contribution in [2.45, 2.75) is 44.7 Å². The lowest BCUT2D eigenvalue weighted by molar-refractivity contribution is 0.0214. The van der Waals surface area contributed by atoms with Crippen LogP contribution in [0.15, 0.2) is 0 Å². The zero-order chi connectivity index (χ0) is 12.7. The van der Waals surface area contributed by atoms with Crippen LogP contribution in [0.4, 0.5) is 0 Å². The summed E-state index contributed by atoms with van der Waals surface area (Å²) in [6, 6.07) is 0.594. The first kappa shape index (κ1) is 15.3. The summed E-state index contributed by atoms with van der Waals surface area (Å²) < 4.78 is 5.26. The van der Waals surface area contributed by atoms with Gasteiger partial charge in [0.05, 0.1) is 6.61 Å². The molecule has 102 valence electrons. The molecule has 4 heteroatoms. The van der Waals surface area contributed by atoms with Gasteiger partial charge in [0.25, 0.3) is 0 Å². The summed E-state index contributed by atoms with van der Waals surface area (Å²) in [6.07, 6.45) is 3.63. The van der Waals surface area contributed by atoms with Crippen LogP contribution in [0.1, 0.15) is 33.1 Å². The van der Waals surface area contributed by atoms with E-state index in [-0.39, 0.29) is 5.54 Å². The summed E-state index contributed by atoms with van der Waals surface area (Å²) in [5.41, 5.74) is 6.33. The minimum absolute atomic E-state index is 0.221. The molecule has 1 fully saturated rings. The Morgan fingerprint density at radius 3 is 2.53 bits per heavy atom. The van der Waals surface area contributed by atoms with E-state index < -0.39 is 0 Å². The number of nitrogens with two attached hydrogens (primary N) is 1. The van der Waals surface area contributed by atoms with Crippen molar-refractivity contribution in [2.24, 2.45) is 5.73 Å². The molecular formula is C13H28N2OS. The lowest BCUT2D eigenvalue weighted by Crippen LogP contribution is -2.59. The molecule has 1 aliphatic heterocycles. The number of nitrogens with zero attached hydrogens (tertiary/aromatic N) is 1. The Bertz CT molecular complexity index is 208. The van der Waals surface area contributed by atoms with Crippen LogP contribution in [0.3, 0.4) is 0 Å². The first-order valence-electron chi connectivity index (χ1n) is 6.73. The van der Waals surface area contributed by atoms with Crippen molar-refractivity contribution in [3.05, 3.63) is 0 Å². The van der Waals surface area contributed by atoms with Gasteiger partial charge in [0.15, 0.2) is 0 Å². The first-order chi connectivity index (χ1) is 8.20. The molecule has 1 atom stereocenters. The van der Waals surface area contributed by atoms with Gasteiger partial charge in [-0.3, -0.25) is 4.90 Å². The van der Waals surface area contributed by atoms with E-state index in [0.717, 1.165) is 19.7 Å². The maximum absolute atomic E-state index is 6.11. The second kappa shape index (κ2) is 7.62. The number of thioether (sulfide) groups is 1. The molecule has 0 radical (unpaired) electrons. The molecular weight excluding hydrogens is 232 g/mol. The summed E-state index contributed by atoms with van der Waals surface area (Å²) in [5.74, 6) is 2.49. The number of ether oxygens (including phenoxy) is 1. The van der Waals surface area contributed by atoms with Crippen molar-refractivity contribution >= 4 is 11.8 Å². The maximum Gasteiger partial charge on any atom is 0.0590 e. The average molecular weight is 260 g/mol. The normalized spacial score (nSPS) is 21.7. The number of hydrogen-bond acceptors (Lipinski definition) is 4. The van der Waals surface area contributed by atoms with Gasteiger partial charge < -0.3 is 10.5 Å². The van der Waals surface area contributed by atoms with Gasteiger partial charge in [0, 0.05) is 31.8 Å². The Morgan fingerprint density at radius 2 is 2.06 bits per heavy atom. The number of methoxy groups -OCH3 is 1. The Balaban J connectivity index is 2.75. The summed E-state index contributed by atoms with van der Waals surface area (Å²) >= 11 is 2.06. The van der Waals surface area contributed by atoms with Crippen LogP contribution in [0.25, 0.3) is 0 Å². The summed E-state index contributed by atoms with van der Waals surface area (Å²) in [6.45, 7) is 7.16. The highest BCUT2D eigenvalue weighted by atomic mass is 32.2. The molecule has 1 unspecified atom stereocenters. The van der Waals surface area contributed by atoms with E-state index in [1.165, 1.54) is 30.8 Å². The average Bonchev–Trinajstić information content (AvgIpc) is 2.39. The smallest absolute Gasteiger partial charge is 0.0590 e. The van der Waals surface area contributed by atoms with Gasteiger partial charge in [-0.25, -0.2) is 0 Å². The second-order valence-corrected chi connectivity index (χ2v) is 6.21. The topological polar surface area (TPSA) is 38.5 Å². The van der Waals surface area contributed by atoms with Gasteiger partial charge in [-0.15, -0.1) is 0 Å². The predicted molar refractivity (Wildman–Crippen MR) is 76.7 cm³/mol. The highest BCUT2D eigenvalue weighted by Crippen LogP contribution is 2.33. The van der Waals surface area contributed by atoms with Crippen LogP contribution in [-0.2, 0) is 4.74 Å². The predicted octanol–water partition coefficient (Wildman–Crippen LogP) is 1.96. The highest BCUT2D eigenvalue weighted by molar-refractivity contribution is 7.99. The minimum atomic E-state index is 0.221. The van der Waals surface area contributed by atoms with Gasteiger partial charge in [-0.1, -0.05) is 6.92 Å². The number of hydrogen-bond donors (Lipinski definition) is 1. The fourth-order valence-corrected chi connectivity index (χ4v) is 3.95. The van der Waals surface area contributed by atoms with Gasteiger partial charge in [-0.05, 0) is 37.7 Å². The Labute approximate surface area is 110 Å². The third-order valence-corrected chi connectivity index (χ3v) is 5.06. The zero-order valence-electron chi connectivity index (χ0n) is 11.6. The molecule has 0 aromatic rings. The van der Waals surface area contributed by atoms with Crippen molar-refractivity contribution in [1.29, 1.82) is 0 Å². The van der Waals surface area contributed by atoms with Crippen molar-refractivity contribution in [3.63, 3.8) is 0 Å². The fraction of sp³-hybridized carbons (Fsp3) is 1.00. The van der Waals surface area contributed by atoms with E-state index in [1.807, 2.05) is 0 Å². The van der Waals surface area contributed by atoms with Crippen LogP contribution in [0, 0.1) is 0 Å². The molecule has 1 heterocycles. The third-order valence-electron chi connectivity index (χ3n) is 4.07. The lowest BCUT2D eigenvalue weighted by atomic mass is 9.88. The molecule has 2 N–H and O–H groups in total. The Kier molecular flexibility index (Phi) is 6.85. The quantitative estimate of drug-likeness (QED) is 0.759.